The second kappa shape index (κ2) is 41.8. The van der Waals surface area contributed by atoms with E-state index in [9.17, 15) is 34.5 Å². The third-order valence-corrected chi connectivity index (χ3v) is 12.6. The lowest BCUT2D eigenvalue weighted by Crippen LogP contribution is -2.33. The lowest BCUT2D eigenvalue weighted by Gasteiger charge is -2.22. The zero-order valence-electron chi connectivity index (χ0n) is 53.9. The molecule has 0 fully saturated rings. The smallest absolute Gasteiger partial charge is 0.323 e. The number of hydrogen-bond donors (Lipinski definition) is 4. The summed E-state index contributed by atoms with van der Waals surface area (Å²) in [5.41, 5.74) is 5.02. The van der Waals surface area contributed by atoms with Crippen LogP contribution in [0.2, 0.25) is 0 Å². The Balaban J connectivity index is 1.41. The second-order valence-corrected chi connectivity index (χ2v) is 20.1. The number of nitrogens with one attached hydrogen (secondary N) is 1. The lowest BCUT2D eigenvalue weighted by molar-refractivity contribution is -0.332. The van der Waals surface area contributed by atoms with E-state index in [-0.39, 0.29) is 13.1 Å². The number of amides is 1. The fourth-order valence-electron chi connectivity index (χ4n) is 8.34. The van der Waals surface area contributed by atoms with Gasteiger partial charge in [-0.15, -0.1) is 17.4 Å². The van der Waals surface area contributed by atoms with Crippen LogP contribution in [0.5, 0.6) is 0 Å². The number of terminal acetylenes is 2. The molecule has 0 saturated heterocycles. The predicted molar refractivity (Wildman–Crippen MR) is 384 cm³/mol. The number of carboxylic acids is 3. The van der Waals surface area contributed by atoms with E-state index in [1.165, 1.54) is 69.2 Å². The Labute approximate surface area is 584 Å². The zero-order chi connectivity index (χ0) is 71.9. The maximum Gasteiger partial charge on any atom is 0.323 e. The molecule has 3 aliphatic heterocycles. The Morgan fingerprint density at radius 1 is 0.440 bits per heavy atom. The summed E-state index contributed by atoms with van der Waals surface area (Å²) in [6, 6.07) is 20.1. The van der Waals surface area contributed by atoms with Crippen LogP contribution < -0.4 is 10.2 Å². The van der Waals surface area contributed by atoms with Crippen LogP contribution in [0.3, 0.4) is 0 Å². The Morgan fingerprint density at radius 3 is 1.21 bits per heavy atom. The maximum atomic E-state index is 13.7. The molecule has 0 atom stereocenters. The number of carbonyl (C=O) groups excluding carboxylic acids is 1. The lowest BCUT2D eigenvalue weighted by atomic mass is 9.81. The number of allylic oxidation sites excluding steroid dienone is 6. The first kappa shape index (κ1) is 74.2. The summed E-state index contributed by atoms with van der Waals surface area (Å²) in [5, 5.41) is 31.6. The van der Waals surface area contributed by atoms with Crippen molar-refractivity contribution in [2.24, 2.45) is 0 Å². The molecule has 0 unspecified atom stereocenters. The number of benzene rings is 2. The highest BCUT2D eigenvalue weighted by molar-refractivity contribution is 6.03. The molecule has 14 nitrogen and oxygen atoms in total. The zero-order valence-corrected chi connectivity index (χ0v) is 53.9. The number of fused-ring (bicyclic) bond motifs is 2. The van der Waals surface area contributed by atoms with Crippen LogP contribution in [-0.4, -0.2) is 95.2 Å². The summed E-state index contributed by atoms with van der Waals surface area (Å²) in [7, 11) is 0. The summed E-state index contributed by atoms with van der Waals surface area (Å²) in [6.45, 7) is 6.67. The minimum absolute atomic E-state index is 0.101. The van der Waals surface area contributed by atoms with Gasteiger partial charge in [-0.05, 0) is 138 Å². The average molecular weight is 1290 g/mol. The molecule has 3 aliphatic rings. The first-order chi connectivity index (χ1) is 48.5. The first-order valence-corrected chi connectivity index (χ1v) is 28.9. The van der Waals surface area contributed by atoms with Crippen molar-refractivity contribution in [3.8, 4) is 262 Å². The Hall–Kier alpha value is -16.5. The summed E-state index contributed by atoms with van der Waals surface area (Å²) >= 11 is 0. The third-order valence-electron chi connectivity index (χ3n) is 12.6. The largest absolute Gasteiger partial charge is 0.480 e. The third kappa shape index (κ3) is 26.7. The molecule has 0 aliphatic carbocycles. The van der Waals surface area contributed by atoms with Gasteiger partial charge in [-0.2, -0.15) is 0 Å². The number of anilines is 1. The van der Waals surface area contributed by atoms with E-state index in [1.807, 2.05) is 76.3 Å². The van der Waals surface area contributed by atoms with Crippen molar-refractivity contribution >= 4 is 40.9 Å². The standard InChI is InChI=1S/C86H47N7O7/c1-7-9-11-13-15-17-19-21-23-25-27-29-31-33-35-37-39-41-43-50-58-92-77-53-49-48-52-75(77)85(3,4)79(92)54-46-45-47-55-80-86(5,6)76-68-74(56-57-78(76)93(80)59-51-44-42-40-38-36-34-32-30-28-26-24-22-20-18-16-14-12-10-8-2)69-87-81(94)70-88-60-62-89(71-82(95)96)64-66-91(73-84(99)100)67-65-90(63-61-88)72-83(97)98/h1-2,45-49,52-57,60-68H,69-73H2,3-6H3,(H3-,87,94,95,96,97,98,99,100)/p+1/b62-60-,63-61-,66-64-,67-65-. The maximum absolute atomic E-state index is 13.7. The number of rotatable bonds is 13. The molecule has 0 spiro atoms. The monoisotopic (exact) mass is 1290 g/mol. The van der Waals surface area contributed by atoms with Gasteiger partial charge in [-0.3, -0.25) is 24.1 Å². The highest BCUT2D eigenvalue weighted by atomic mass is 16.4. The van der Waals surface area contributed by atoms with Crippen molar-refractivity contribution in [2.75, 3.05) is 31.1 Å². The van der Waals surface area contributed by atoms with E-state index >= 15 is 0 Å². The SMILES string of the molecule is C#CC#CC#CC#CC#CC#CC#CC#CC#CC#CC#CN1/C(=C/C=C/C=C/C2=[N+](C#CC#CC#CC#CC#CC#CC#CC#CC#CC#CC#C)c3ccc(CNC(=O)CN4/C=C\N(CC(=O)O)/C=C\N(CC(=O)O)/C=C\N(CC(=O)O)/C=C\4)cc3C2(C)C)C(C)(C)c2ccccc21. The van der Waals surface area contributed by atoms with Crippen molar-refractivity contribution in [1.29, 1.82) is 0 Å². The molecule has 2 aromatic rings. The van der Waals surface area contributed by atoms with Gasteiger partial charge in [0.1, 0.15) is 26.2 Å². The van der Waals surface area contributed by atoms with Crippen LogP contribution in [-0.2, 0) is 36.6 Å². The molecule has 0 bridgehead atoms. The normalized spacial score (nSPS) is 13.3. The van der Waals surface area contributed by atoms with Crippen LogP contribution in [0.4, 0.5) is 11.4 Å². The fourth-order valence-corrected chi connectivity index (χ4v) is 8.34. The summed E-state index contributed by atoms with van der Waals surface area (Å²) in [4.78, 5) is 55.9. The number of nitrogens with zero attached hydrogens (tertiary/aromatic N) is 6. The van der Waals surface area contributed by atoms with Crippen molar-refractivity contribution in [3.05, 3.63) is 145 Å². The highest BCUT2D eigenvalue weighted by Crippen LogP contribution is 2.47. The molecule has 468 valence electrons. The van der Waals surface area contributed by atoms with Crippen molar-refractivity contribution in [3.63, 3.8) is 0 Å². The first-order valence-electron chi connectivity index (χ1n) is 28.9. The number of carboxylic acid groups (broad SMARTS) is 3. The van der Waals surface area contributed by atoms with Crippen molar-refractivity contribution in [1.82, 2.24) is 24.9 Å². The number of aliphatic carboxylic acids is 3. The molecule has 0 radical (unpaired) electrons. The molecule has 3 heterocycles. The Morgan fingerprint density at radius 2 is 0.810 bits per heavy atom. The fraction of sp³-hybridized carbons (Fsp3) is 0.128. The summed E-state index contributed by atoms with van der Waals surface area (Å²) in [5.74, 6) is 97.9. The average Bonchev–Trinajstić information content (AvgIpc) is 1.60. The summed E-state index contributed by atoms with van der Waals surface area (Å²) in [6.07, 6.45) is 30.7. The molecule has 5 rings (SSSR count). The van der Waals surface area contributed by atoms with E-state index in [2.05, 4.69) is 288 Å². The molecule has 1 amide bonds. The molecule has 0 saturated carbocycles. The number of para-hydroxylation sites is 1. The molecule has 100 heavy (non-hydrogen) atoms. The van der Waals surface area contributed by atoms with Gasteiger partial charge in [-0.1, -0.05) is 56.3 Å². The van der Waals surface area contributed by atoms with Crippen LogP contribution in [0.1, 0.15) is 44.4 Å². The van der Waals surface area contributed by atoms with Crippen LogP contribution >= 0.6 is 0 Å². The molecule has 4 N–H and O–H groups in total. The van der Waals surface area contributed by atoms with Gasteiger partial charge < -0.3 is 40.2 Å². The van der Waals surface area contributed by atoms with E-state index in [0.29, 0.717) is 0 Å². The van der Waals surface area contributed by atoms with Gasteiger partial charge in [0.05, 0.1) is 17.0 Å². The number of carbonyl (C=O) groups is 4. The predicted octanol–water partition coefficient (Wildman–Crippen LogP) is 5.08. The molecule has 2 aromatic carbocycles. The van der Waals surface area contributed by atoms with E-state index < -0.39 is 54.3 Å². The van der Waals surface area contributed by atoms with Crippen LogP contribution in [0, 0.1) is 262 Å². The minimum Gasteiger partial charge on any atom is -0.480 e. The van der Waals surface area contributed by atoms with E-state index in [0.717, 1.165) is 39.5 Å². The van der Waals surface area contributed by atoms with Gasteiger partial charge >= 0.3 is 17.9 Å². The van der Waals surface area contributed by atoms with Gasteiger partial charge in [0.2, 0.25) is 23.4 Å². The molecular weight excluding hydrogens is 1240 g/mol. The van der Waals surface area contributed by atoms with Crippen LogP contribution in [0.15, 0.2) is 128 Å². The molecule has 14 heteroatoms. The number of hydrogen-bond acceptors (Lipinski definition) is 9. The van der Waals surface area contributed by atoms with E-state index in [4.69, 9.17) is 12.8 Å². The minimum atomic E-state index is -1.19. The summed E-state index contributed by atoms with van der Waals surface area (Å²) < 4.78 is 1.85. The molecule has 0 aromatic heterocycles. The second-order valence-electron chi connectivity index (χ2n) is 20.1. The van der Waals surface area contributed by atoms with Gasteiger partial charge in [-0.25, -0.2) is 0 Å². The highest BCUT2D eigenvalue weighted by Gasteiger charge is 2.45. The van der Waals surface area contributed by atoms with Gasteiger partial charge in [0, 0.05) is 227 Å². The Kier molecular flexibility index (Phi) is 31.0. The van der Waals surface area contributed by atoms with E-state index in [1.54, 1.807) is 0 Å². The topological polar surface area (TPSA) is 160 Å². The van der Waals surface area contributed by atoms with Crippen LogP contribution in [0.25, 0.3) is 0 Å². The molecular formula is C86H48N7O7+. The van der Waals surface area contributed by atoms with Gasteiger partial charge in [0.25, 0.3) is 0 Å². The van der Waals surface area contributed by atoms with Crippen molar-refractivity contribution in [2.45, 2.75) is 45.1 Å². The van der Waals surface area contributed by atoms with Crippen molar-refractivity contribution < 1.29 is 39.1 Å². The van der Waals surface area contributed by atoms with Gasteiger partial charge in [0.15, 0.2) is 0 Å². The quantitative estimate of drug-likeness (QED) is 0.120. The Bertz CT molecular complexity index is 5440.